The topological polar surface area (TPSA) is 9.23 Å². The van der Waals surface area contributed by atoms with Gasteiger partial charge in [0, 0.05) is 5.57 Å². The van der Waals surface area contributed by atoms with Crippen molar-refractivity contribution in [2.75, 3.05) is 0 Å². The average Bonchev–Trinajstić information content (AvgIpc) is 2.04. The molecule has 70 valence electrons. The van der Waals surface area contributed by atoms with Gasteiger partial charge in [-0.15, -0.1) is 0 Å². The van der Waals surface area contributed by atoms with Crippen LogP contribution in [-0.4, -0.2) is 5.60 Å². The second-order valence-corrected chi connectivity index (χ2v) is 3.55. The van der Waals surface area contributed by atoms with E-state index < -0.39 is 0 Å². The molecule has 0 aromatic heterocycles. The standard InChI is InChI=1S/C12H16O/c1-5-7-11-10(6-2)8-9-12(3,4)13-11/h5-9H,1H2,2-4H3/b10-6-,11-7+. The Morgan fingerprint density at radius 3 is 2.69 bits per heavy atom. The molecule has 0 bridgehead atoms. The van der Waals surface area contributed by atoms with Crippen molar-refractivity contribution in [1.82, 2.24) is 0 Å². The Balaban J connectivity index is 3.04. The van der Waals surface area contributed by atoms with E-state index in [9.17, 15) is 0 Å². The van der Waals surface area contributed by atoms with Crippen molar-refractivity contribution in [3.63, 3.8) is 0 Å². The fourth-order valence-corrected chi connectivity index (χ4v) is 1.22. The molecule has 0 aliphatic carbocycles. The van der Waals surface area contributed by atoms with Crippen LogP contribution in [0.25, 0.3) is 0 Å². The van der Waals surface area contributed by atoms with Crippen LogP contribution < -0.4 is 0 Å². The Morgan fingerprint density at radius 1 is 1.46 bits per heavy atom. The van der Waals surface area contributed by atoms with Crippen molar-refractivity contribution in [3.05, 3.63) is 48.3 Å². The zero-order chi connectivity index (χ0) is 9.90. The highest BCUT2D eigenvalue weighted by atomic mass is 16.5. The van der Waals surface area contributed by atoms with Gasteiger partial charge in [0.15, 0.2) is 0 Å². The van der Waals surface area contributed by atoms with Crippen LogP contribution in [0.15, 0.2) is 48.3 Å². The minimum atomic E-state index is -0.207. The van der Waals surface area contributed by atoms with Crippen molar-refractivity contribution >= 4 is 0 Å². The molecule has 0 aromatic carbocycles. The first-order valence-electron chi connectivity index (χ1n) is 4.47. The normalized spacial score (nSPS) is 26.1. The van der Waals surface area contributed by atoms with E-state index in [2.05, 4.69) is 18.7 Å². The summed E-state index contributed by atoms with van der Waals surface area (Å²) in [5.41, 5.74) is 0.903. The van der Waals surface area contributed by atoms with Gasteiger partial charge in [-0.25, -0.2) is 0 Å². The van der Waals surface area contributed by atoms with Crippen molar-refractivity contribution in [2.45, 2.75) is 26.4 Å². The lowest BCUT2D eigenvalue weighted by Gasteiger charge is -2.29. The van der Waals surface area contributed by atoms with Gasteiger partial charge >= 0.3 is 0 Å². The van der Waals surface area contributed by atoms with Gasteiger partial charge in [-0.3, -0.25) is 0 Å². The second-order valence-electron chi connectivity index (χ2n) is 3.55. The third kappa shape index (κ3) is 2.35. The molecule has 1 aliphatic heterocycles. The highest BCUT2D eigenvalue weighted by Gasteiger charge is 2.22. The highest BCUT2D eigenvalue weighted by molar-refractivity contribution is 5.41. The Hall–Kier alpha value is -1.24. The van der Waals surface area contributed by atoms with Crippen LogP contribution in [0, 0.1) is 0 Å². The summed E-state index contributed by atoms with van der Waals surface area (Å²) in [6.45, 7) is 9.73. The number of rotatable bonds is 1. The van der Waals surface area contributed by atoms with E-state index in [1.165, 1.54) is 0 Å². The van der Waals surface area contributed by atoms with Gasteiger partial charge in [0.2, 0.25) is 0 Å². The Labute approximate surface area is 80.1 Å². The minimum Gasteiger partial charge on any atom is -0.483 e. The molecule has 0 saturated heterocycles. The van der Waals surface area contributed by atoms with Gasteiger partial charge < -0.3 is 4.74 Å². The smallest absolute Gasteiger partial charge is 0.127 e. The zero-order valence-corrected chi connectivity index (χ0v) is 8.50. The third-order valence-corrected chi connectivity index (χ3v) is 1.90. The first-order valence-corrected chi connectivity index (χ1v) is 4.47. The molecule has 0 aromatic rings. The monoisotopic (exact) mass is 176 g/mol. The fourth-order valence-electron chi connectivity index (χ4n) is 1.22. The molecule has 1 rings (SSSR count). The molecule has 0 unspecified atom stereocenters. The van der Waals surface area contributed by atoms with Gasteiger partial charge in [-0.1, -0.05) is 24.8 Å². The summed E-state index contributed by atoms with van der Waals surface area (Å²) in [6, 6.07) is 0. The molecule has 1 aliphatic rings. The molecular formula is C12H16O. The molecule has 1 heterocycles. The summed E-state index contributed by atoms with van der Waals surface area (Å²) < 4.78 is 5.75. The molecule has 13 heavy (non-hydrogen) atoms. The third-order valence-electron chi connectivity index (χ3n) is 1.90. The predicted molar refractivity (Wildman–Crippen MR) is 56.3 cm³/mol. The Kier molecular flexibility index (Phi) is 2.76. The first kappa shape index (κ1) is 9.85. The Morgan fingerprint density at radius 2 is 2.15 bits per heavy atom. The summed E-state index contributed by atoms with van der Waals surface area (Å²) in [4.78, 5) is 0. The van der Waals surface area contributed by atoms with E-state index in [1.807, 2.05) is 32.9 Å². The van der Waals surface area contributed by atoms with Crippen molar-refractivity contribution in [3.8, 4) is 0 Å². The van der Waals surface area contributed by atoms with E-state index >= 15 is 0 Å². The zero-order valence-electron chi connectivity index (χ0n) is 8.50. The Bertz CT molecular complexity index is 290. The molecule has 0 N–H and O–H groups in total. The van der Waals surface area contributed by atoms with Crippen molar-refractivity contribution in [2.24, 2.45) is 0 Å². The molecule has 0 saturated carbocycles. The molecular weight excluding hydrogens is 160 g/mol. The van der Waals surface area contributed by atoms with Crippen molar-refractivity contribution < 1.29 is 4.74 Å². The molecule has 1 nitrogen and oxygen atoms in total. The van der Waals surface area contributed by atoms with E-state index in [0.717, 1.165) is 11.3 Å². The summed E-state index contributed by atoms with van der Waals surface area (Å²) in [5, 5.41) is 0. The second kappa shape index (κ2) is 3.65. The number of ether oxygens (including phenoxy) is 1. The SMILES string of the molecule is C=C/C=C1/OC(C)(C)C=C/C1=C/C. The number of hydrogen-bond donors (Lipinski definition) is 0. The fraction of sp³-hybridized carbons (Fsp3) is 0.333. The summed E-state index contributed by atoms with van der Waals surface area (Å²) in [5.74, 6) is 0.894. The van der Waals surface area contributed by atoms with Gasteiger partial charge in [0.25, 0.3) is 0 Å². The molecule has 0 radical (unpaired) electrons. The van der Waals surface area contributed by atoms with Crippen LogP contribution in [0.4, 0.5) is 0 Å². The highest BCUT2D eigenvalue weighted by Crippen LogP contribution is 2.28. The quantitative estimate of drug-likeness (QED) is 0.595. The lowest BCUT2D eigenvalue weighted by atomic mass is 10.0. The van der Waals surface area contributed by atoms with Gasteiger partial charge in [0.05, 0.1) is 0 Å². The van der Waals surface area contributed by atoms with Crippen LogP contribution in [0.1, 0.15) is 20.8 Å². The largest absolute Gasteiger partial charge is 0.483 e. The van der Waals surface area contributed by atoms with Gasteiger partial charge in [0.1, 0.15) is 11.4 Å². The van der Waals surface area contributed by atoms with E-state index in [-0.39, 0.29) is 5.60 Å². The molecule has 0 spiro atoms. The van der Waals surface area contributed by atoms with Crippen LogP contribution in [-0.2, 0) is 4.74 Å². The van der Waals surface area contributed by atoms with E-state index in [1.54, 1.807) is 6.08 Å². The maximum Gasteiger partial charge on any atom is 0.127 e. The van der Waals surface area contributed by atoms with Crippen LogP contribution in [0.2, 0.25) is 0 Å². The minimum absolute atomic E-state index is 0.207. The predicted octanol–water partition coefficient (Wildman–Crippen LogP) is 3.37. The molecule has 1 heteroatoms. The molecule has 0 fully saturated rings. The van der Waals surface area contributed by atoms with E-state index in [0.29, 0.717) is 0 Å². The lowest BCUT2D eigenvalue weighted by Crippen LogP contribution is -2.24. The molecule has 0 atom stereocenters. The summed E-state index contributed by atoms with van der Waals surface area (Å²) >= 11 is 0. The van der Waals surface area contributed by atoms with Crippen LogP contribution in [0.5, 0.6) is 0 Å². The summed E-state index contributed by atoms with van der Waals surface area (Å²) in [6.07, 6.45) is 9.80. The maximum atomic E-state index is 5.75. The molecule has 0 amide bonds. The van der Waals surface area contributed by atoms with Gasteiger partial charge in [-0.2, -0.15) is 0 Å². The van der Waals surface area contributed by atoms with E-state index in [4.69, 9.17) is 4.74 Å². The number of allylic oxidation sites excluding steroid dienone is 4. The van der Waals surface area contributed by atoms with Crippen LogP contribution in [0.3, 0.4) is 0 Å². The maximum absolute atomic E-state index is 5.75. The summed E-state index contributed by atoms with van der Waals surface area (Å²) in [7, 11) is 0. The average molecular weight is 176 g/mol. The first-order chi connectivity index (χ1) is 6.09. The lowest BCUT2D eigenvalue weighted by molar-refractivity contribution is 0.0795. The van der Waals surface area contributed by atoms with Crippen LogP contribution >= 0.6 is 0 Å². The van der Waals surface area contributed by atoms with Crippen molar-refractivity contribution in [1.29, 1.82) is 0 Å². The number of hydrogen-bond acceptors (Lipinski definition) is 1. The van der Waals surface area contributed by atoms with Gasteiger partial charge in [-0.05, 0) is 32.9 Å².